The van der Waals surface area contributed by atoms with E-state index < -0.39 is 6.08 Å². The van der Waals surface area contributed by atoms with Crippen LogP contribution in [-0.2, 0) is 13.0 Å². The average molecular weight is 526 g/mol. The van der Waals surface area contributed by atoms with Gasteiger partial charge in [0.05, 0.1) is 0 Å². The summed E-state index contributed by atoms with van der Waals surface area (Å²) in [5.74, 6) is 2.89. The average Bonchev–Trinajstić information content (AvgIpc) is 3.26. The van der Waals surface area contributed by atoms with E-state index in [1.165, 1.54) is 0 Å². The van der Waals surface area contributed by atoms with Gasteiger partial charge in [0.1, 0.15) is 5.82 Å². The van der Waals surface area contributed by atoms with Crippen LogP contribution in [0.2, 0.25) is 0 Å². The number of hydrogen-bond donors (Lipinski definition) is 2. The maximum atomic E-state index is 13.9. The summed E-state index contributed by atoms with van der Waals surface area (Å²) in [6.45, 7) is 6.85. The highest BCUT2D eigenvalue weighted by Crippen LogP contribution is 2.36. The van der Waals surface area contributed by atoms with E-state index in [-0.39, 0.29) is 12.6 Å². The summed E-state index contributed by atoms with van der Waals surface area (Å²) in [5, 5.41) is 3.43. The van der Waals surface area contributed by atoms with Crippen molar-refractivity contribution in [1.82, 2.24) is 24.8 Å². The van der Waals surface area contributed by atoms with Crippen molar-refractivity contribution in [3.05, 3.63) is 33.2 Å². The lowest BCUT2D eigenvalue weighted by molar-refractivity contribution is 0.174. The Bertz CT molecular complexity index is 1070. The van der Waals surface area contributed by atoms with Gasteiger partial charge < -0.3 is 25.1 Å². The minimum atomic E-state index is -0.849. The lowest BCUT2D eigenvalue weighted by atomic mass is 10.1. The topological polar surface area (TPSA) is 100 Å². The quantitative estimate of drug-likeness (QED) is 0.264. The second-order valence-corrected chi connectivity index (χ2v) is 8.80. The third-order valence-electron chi connectivity index (χ3n) is 4.97. The summed E-state index contributed by atoms with van der Waals surface area (Å²) < 4.78 is 27.8. The van der Waals surface area contributed by atoms with E-state index in [0.29, 0.717) is 35.8 Å². The van der Waals surface area contributed by atoms with E-state index in [2.05, 4.69) is 56.7 Å². The highest BCUT2D eigenvalue weighted by molar-refractivity contribution is 14.1. The van der Waals surface area contributed by atoms with Crippen LogP contribution in [0.3, 0.4) is 0 Å². The number of fused-ring (bicyclic) bond motifs is 2. The van der Waals surface area contributed by atoms with Gasteiger partial charge >= 0.3 is 6.08 Å². The molecule has 1 aliphatic heterocycles. The molecule has 3 aromatic rings. The van der Waals surface area contributed by atoms with Crippen LogP contribution in [-0.4, -0.2) is 39.4 Å². The van der Waals surface area contributed by atoms with Crippen molar-refractivity contribution in [2.75, 3.05) is 25.6 Å². The van der Waals surface area contributed by atoms with Crippen molar-refractivity contribution in [2.24, 2.45) is 5.92 Å². The largest absolute Gasteiger partial charge is 0.454 e. The van der Waals surface area contributed by atoms with Crippen molar-refractivity contribution >= 4 is 39.6 Å². The molecule has 0 saturated heterocycles. The van der Waals surface area contributed by atoms with Crippen LogP contribution >= 0.6 is 22.6 Å². The first-order valence-corrected chi connectivity index (χ1v) is 11.0. The number of imidazole rings is 1. The van der Waals surface area contributed by atoms with Crippen LogP contribution < -0.4 is 20.5 Å². The molecule has 0 unspecified atom stereocenters. The van der Waals surface area contributed by atoms with Crippen molar-refractivity contribution in [3.63, 3.8) is 0 Å². The number of aromatic nitrogens is 4. The summed E-state index contributed by atoms with van der Waals surface area (Å²) in [5.41, 5.74) is 7.80. The van der Waals surface area contributed by atoms with E-state index >= 15 is 0 Å². The number of nitrogen functional groups attached to an aromatic ring is 1. The first-order valence-electron chi connectivity index (χ1n) is 9.89. The maximum absolute atomic E-state index is 13.9. The second kappa shape index (κ2) is 8.88. The maximum Gasteiger partial charge on any atom is 0.312 e. The molecule has 0 amide bonds. The molecule has 0 bridgehead atoms. The third kappa shape index (κ3) is 4.43. The molecule has 8 nitrogen and oxygen atoms in total. The van der Waals surface area contributed by atoms with Crippen LogP contribution in [0, 0.1) is 15.6 Å². The molecule has 1 aliphatic rings. The summed E-state index contributed by atoms with van der Waals surface area (Å²) in [7, 11) is 0. The standard InChI is InChI=1S/C20H24FIN6O2/c1-11(2)3-4-24-5-6-28-16(25-17-18(23)26-20(21)27-19(17)28)8-12-7-14-15(9-13(12)22)30-10-29-14/h7,9,11,24H,3-6,8,10H2,1-2H3,(H2,23,26,27). The van der Waals surface area contributed by atoms with Crippen molar-refractivity contribution in [1.29, 1.82) is 0 Å². The summed E-state index contributed by atoms with van der Waals surface area (Å²) in [6, 6.07) is 3.91. The number of halogens is 2. The zero-order valence-electron chi connectivity index (χ0n) is 16.9. The Morgan fingerprint density at radius 3 is 2.73 bits per heavy atom. The van der Waals surface area contributed by atoms with E-state index in [0.717, 1.165) is 40.2 Å². The molecule has 3 N–H and O–H groups in total. The van der Waals surface area contributed by atoms with Gasteiger partial charge in [0.25, 0.3) is 0 Å². The molecular weight excluding hydrogens is 502 g/mol. The van der Waals surface area contributed by atoms with Gasteiger partial charge in [0.15, 0.2) is 28.5 Å². The molecule has 0 spiro atoms. The van der Waals surface area contributed by atoms with Crippen molar-refractivity contribution in [3.8, 4) is 11.5 Å². The molecule has 0 atom stereocenters. The summed E-state index contributed by atoms with van der Waals surface area (Å²) in [4.78, 5) is 12.3. The SMILES string of the molecule is CC(C)CCNCCn1c(Cc2cc3c(cc2I)OCO3)nc2c(N)nc(F)nc21. The highest BCUT2D eigenvalue weighted by Gasteiger charge is 2.20. The Kier molecular flexibility index (Phi) is 6.23. The zero-order valence-corrected chi connectivity index (χ0v) is 19.1. The fraction of sp³-hybridized carbons (Fsp3) is 0.450. The first-order chi connectivity index (χ1) is 14.4. The number of nitrogens with one attached hydrogen (secondary N) is 1. The number of hydrogen-bond acceptors (Lipinski definition) is 7. The van der Waals surface area contributed by atoms with Gasteiger partial charge in [-0.05, 0) is 59.2 Å². The Labute approximate surface area is 187 Å². The smallest absolute Gasteiger partial charge is 0.312 e. The fourth-order valence-electron chi connectivity index (χ4n) is 3.38. The van der Waals surface area contributed by atoms with Gasteiger partial charge in [-0.3, -0.25) is 0 Å². The van der Waals surface area contributed by atoms with Crippen LogP contribution in [0.25, 0.3) is 11.2 Å². The Morgan fingerprint density at radius 2 is 1.97 bits per heavy atom. The first kappa shape index (κ1) is 21.0. The molecule has 10 heteroatoms. The number of nitrogens with two attached hydrogens (primary N) is 1. The predicted octanol–water partition coefficient (Wildman–Crippen LogP) is 3.11. The third-order valence-corrected chi connectivity index (χ3v) is 5.98. The fourth-order valence-corrected chi connectivity index (χ4v) is 4.01. The van der Waals surface area contributed by atoms with Crippen LogP contribution in [0.15, 0.2) is 12.1 Å². The molecule has 160 valence electrons. The molecule has 1 aromatic carbocycles. The van der Waals surface area contributed by atoms with Gasteiger partial charge in [-0.2, -0.15) is 14.4 Å². The number of ether oxygens (including phenoxy) is 2. The molecule has 0 saturated carbocycles. The zero-order chi connectivity index (χ0) is 21.3. The summed E-state index contributed by atoms with van der Waals surface area (Å²) in [6.07, 6.45) is 0.771. The lowest BCUT2D eigenvalue weighted by Gasteiger charge is -2.12. The predicted molar refractivity (Wildman–Crippen MR) is 120 cm³/mol. The second-order valence-electron chi connectivity index (χ2n) is 7.64. The number of benzene rings is 1. The monoisotopic (exact) mass is 526 g/mol. The van der Waals surface area contributed by atoms with E-state index in [4.69, 9.17) is 15.2 Å². The van der Waals surface area contributed by atoms with Crippen LogP contribution in [0.5, 0.6) is 11.5 Å². The van der Waals surface area contributed by atoms with Gasteiger partial charge in [-0.1, -0.05) is 13.8 Å². The van der Waals surface area contributed by atoms with Crippen LogP contribution in [0.4, 0.5) is 10.2 Å². The molecular formula is C20H24FIN6O2. The van der Waals surface area contributed by atoms with Gasteiger partial charge in [-0.25, -0.2) is 4.98 Å². The summed E-state index contributed by atoms with van der Waals surface area (Å²) >= 11 is 2.27. The number of nitrogens with zero attached hydrogens (tertiary/aromatic N) is 4. The normalized spacial score (nSPS) is 13.0. The highest BCUT2D eigenvalue weighted by atomic mass is 127. The minimum Gasteiger partial charge on any atom is -0.454 e. The van der Waals surface area contributed by atoms with Gasteiger partial charge in [0, 0.05) is 23.1 Å². The molecule has 30 heavy (non-hydrogen) atoms. The van der Waals surface area contributed by atoms with Gasteiger partial charge in [-0.15, -0.1) is 0 Å². The van der Waals surface area contributed by atoms with E-state index in [1.807, 2.05) is 16.7 Å². The molecule has 0 fully saturated rings. The number of anilines is 1. The van der Waals surface area contributed by atoms with E-state index in [9.17, 15) is 4.39 Å². The van der Waals surface area contributed by atoms with Crippen LogP contribution in [0.1, 0.15) is 31.7 Å². The molecule has 0 aliphatic carbocycles. The van der Waals surface area contributed by atoms with E-state index in [1.54, 1.807) is 0 Å². The Balaban J connectivity index is 1.64. The van der Waals surface area contributed by atoms with Crippen molar-refractivity contribution in [2.45, 2.75) is 33.2 Å². The Hall–Kier alpha value is -2.21. The molecule has 2 aromatic heterocycles. The van der Waals surface area contributed by atoms with Crippen molar-refractivity contribution < 1.29 is 13.9 Å². The Morgan fingerprint density at radius 1 is 1.20 bits per heavy atom. The number of rotatable bonds is 8. The van der Waals surface area contributed by atoms with Gasteiger partial charge in [0.2, 0.25) is 6.79 Å². The lowest BCUT2D eigenvalue weighted by Crippen LogP contribution is -2.23. The minimum absolute atomic E-state index is 0.0469. The molecule has 0 radical (unpaired) electrons. The molecule has 3 heterocycles. The molecule has 4 rings (SSSR count).